The number of hydrogen-bond acceptors (Lipinski definition) is 4. The topological polar surface area (TPSA) is 46.6 Å². The average Bonchev–Trinajstić information content (AvgIpc) is 3.14. The van der Waals surface area contributed by atoms with Gasteiger partial charge in [-0.3, -0.25) is 9.59 Å². The Bertz CT molecular complexity index is 884. The van der Waals surface area contributed by atoms with Gasteiger partial charge in [-0.1, -0.05) is 23.8 Å². The third kappa shape index (κ3) is 4.37. The molecule has 0 aliphatic carbocycles. The van der Waals surface area contributed by atoms with Crippen LogP contribution < -0.4 is 9.64 Å². The maximum Gasteiger partial charge on any atom is 0.316 e. The summed E-state index contributed by atoms with van der Waals surface area (Å²) in [5, 5.41) is 1.93. The van der Waals surface area contributed by atoms with Crippen molar-refractivity contribution in [3.05, 3.63) is 82.0 Å². The van der Waals surface area contributed by atoms with E-state index >= 15 is 0 Å². The minimum Gasteiger partial charge on any atom is -0.426 e. The molecule has 1 aromatic heterocycles. The number of hydrogen-bond donors (Lipinski definition) is 0. The Morgan fingerprint density at radius 3 is 2.31 bits per heavy atom. The van der Waals surface area contributed by atoms with Crippen molar-refractivity contribution in [1.82, 2.24) is 0 Å². The fraction of sp³-hybridized carbons (Fsp3) is 0.143. The SMILES string of the molecule is Cc1ccc(C(=O)N(C)c2ccc(OC(=O)Cc3cccs3)cc2)cc1. The van der Waals surface area contributed by atoms with Crippen LogP contribution in [-0.2, 0) is 11.2 Å². The summed E-state index contributed by atoms with van der Waals surface area (Å²) in [6, 6.07) is 18.2. The third-order valence-electron chi connectivity index (χ3n) is 3.96. The van der Waals surface area contributed by atoms with E-state index in [0.29, 0.717) is 11.3 Å². The fourth-order valence-electron chi connectivity index (χ4n) is 2.47. The number of anilines is 1. The van der Waals surface area contributed by atoms with Crippen LogP contribution in [0.1, 0.15) is 20.8 Å². The molecule has 26 heavy (non-hydrogen) atoms. The van der Waals surface area contributed by atoms with E-state index in [1.54, 1.807) is 36.2 Å². The van der Waals surface area contributed by atoms with Gasteiger partial charge < -0.3 is 9.64 Å². The predicted molar refractivity (Wildman–Crippen MR) is 104 cm³/mol. The van der Waals surface area contributed by atoms with Crippen LogP contribution in [0.4, 0.5) is 5.69 Å². The number of nitrogens with zero attached hydrogens (tertiary/aromatic N) is 1. The number of thiophene rings is 1. The molecule has 132 valence electrons. The van der Waals surface area contributed by atoms with E-state index in [0.717, 1.165) is 16.1 Å². The first-order valence-corrected chi connectivity index (χ1v) is 9.09. The second-order valence-electron chi connectivity index (χ2n) is 5.95. The lowest BCUT2D eigenvalue weighted by atomic mass is 10.1. The standard InChI is InChI=1S/C21H19NO3S/c1-15-5-7-16(8-6-15)21(24)22(2)17-9-11-18(12-10-17)25-20(23)14-19-4-3-13-26-19/h3-13H,14H2,1-2H3. The summed E-state index contributed by atoms with van der Waals surface area (Å²) >= 11 is 1.53. The molecule has 3 aromatic rings. The van der Waals surface area contributed by atoms with Gasteiger partial charge in [0.25, 0.3) is 5.91 Å². The van der Waals surface area contributed by atoms with E-state index in [2.05, 4.69) is 0 Å². The van der Waals surface area contributed by atoms with Gasteiger partial charge in [0.05, 0.1) is 6.42 Å². The Hall–Kier alpha value is -2.92. The molecule has 1 amide bonds. The molecule has 2 aromatic carbocycles. The highest BCUT2D eigenvalue weighted by Crippen LogP contribution is 2.21. The molecular formula is C21H19NO3S. The number of aryl methyl sites for hydroxylation is 1. The van der Waals surface area contributed by atoms with Crippen LogP contribution >= 0.6 is 11.3 Å². The molecule has 0 radical (unpaired) electrons. The molecule has 3 rings (SSSR count). The second-order valence-corrected chi connectivity index (χ2v) is 6.99. The number of carbonyl (C=O) groups excluding carboxylic acids is 2. The lowest BCUT2D eigenvalue weighted by molar-refractivity contribution is -0.133. The summed E-state index contributed by atoms with van der Waals surface area (Å²) in [4.78, 5) is 27.0. The Kier molecular flexibility index (Phi) is 5.49. The van der Waals surface area contributed by atoms with Crippen molar-refractivity contribution in [3.63, 3.8) is 0 Å². The van der Waals surface area contributed by atoms with Gasteiger partial charge in [-0.15, -0.1) is 11.3 Å². The molecule has 0 saturated carbocycles. The van der Waals surface area contributed by atoms with Crippen LogP contribution in [-0.4, -0.2) is 18.9 Å². The monoisotopic (exact) mass is 365 g/mol. The summed E-state index contributed by atoms with van der Waals surface area (Å²) < 4.78 is 5.35. The van der Waals surface area contributed by atoms with Crippen LogP contribution in [0.2, 0.25) is 0 Å². The van der Waals surface area contributed by atoms with Gasteiger partial charge in [-0.05, 0) is 54.8 Å². The molecule has 5 heteroatoms. The molecule has 0 aliphatic rings. The number of carbonyl (C=O) groups is 2. The number of esters is 1. The van der Waals surface area contributed by atoms with Gasteiger partial charge in [-0.2, -0.15) is 0 Å². The maximum atomic E-state index is 12.5. The predicted octanol–water partition coefficient (Wildman–Crippen LogP) is 4.48. The number of ether oxygens (including phenoxy) is 1. The Labute approximate surface area is 156 Å². The quantitative estimate of drug-likeness (QED) is 0.495. The van der Waals surface area contributed by atoms with Crippen molar-refractivity contribution in [2.45, 2.75) is 13.3 Å². The van der Waals surface area contributed by atoms with Crippen LogP contribution in [0.5, 0.6) is 5.75 Å². The Balaban J connectivity index is 1.63. The highest BCUT2D eigenvalue weighted by molar-refractivity contribution is 7.10. The molecule has 0 spiro atoms. The minimum atomic E-state index is -0.302. The Morgan fingerprint density at radius 2 is 1.69 bits per heavy atom. The van der Waals surface area contributed by atoms with Crippen molar-refractivity contribution in [2.75, 3.05) is 11.9 Å². The first-order valence-electron chi connectivity index (χ1n) is 8.21. The lowest BCUT2D eigenvalue weighted by Gasteiger charge is -2.18. The van der Waals surface area contributed by atoms with Crippen molar-refractivity contribution in [2.24, 2.45) is 0 Å². The molecule has 4 nitrogen and oxygen atoms in total. The number of benzene rings is 2. The highest BCUT2D eigenvalue weighted by Gasteiger charge is 2.14. The molecule has 0 aliphatic heterocycles. The smallest absolute Gasteiger partial charge is 0.316 e. The van der Waals surface area contributed by atoms with Crippen molar-refractivity contribution in [1.29, 1.82) is 0 Å². The average molecular weight is 365 g/mol. The zero-order chi connectivity index (χ0) is 18.5. The van der Waals surface area contributed by atoms with Gasteiger partial charge >= 0.3 is 5.97 Å². The molecule has 0 unspecified atom stereocenters. The second kappa shape index (κ2) is 7.97. The zero-order valence-corrected chi connectivity index (χ0v) is 15.5. The van der Waals surface area contributed by atoms with Gasteiger partial charge in [0.15, 0.2) is 0 Å². The highest BCUT2D eigenvalue weighted by atomic mass is 32.1. The summed E-state index contributed by atoms with van der Waals surface area (Å²) in [6.07, 6.45) is 0.255. The van der Waals surface area contributed by atoms with E-state index in [9.17, 15) is 9.59 Å². The van der Waals surface area contributed by atoms with Crippen LogP contribution in [0.3, 0.4) is 0 Å². The maximum absolute atomic E-state index is 12.5. The van der Waals surface area contributed by atoms with E-state index in [1.165, 1.54) is 11.3 Å². The summed E-state index contributed by atoms with van der Waals surface area (Å²) in [6.45, 7) is 1.98. The molecule has 0 atom stereocenters. The van der Waals surface area contributed by atoms with Crippen LogP contribution in [0.25, 0.3) is 0 Å². The number of amides is 1. The zero-order valence-electron chi connectivity index (χ0n) is 14.6. The van der Waals surface area contributed by atoms with E-state index < -0.39 is 0 Å². The van der Waals surface area contributed by atoms with Crippen LogP contribution in [0.15, 0.2) is 66.0 Å². The van der Waals surface area contributed by atoms with Crippen molar-refractivity contribution in [3.8, 4) is 5.75 Å². The largest absolute Gasteiger partial charge is 0.426 e. The molecule has 0 fully saturated rings. The Morgan fingerprint density at radius 1 is 1.00 bits per heavy atom. The van der Waals surface area contributed by atoms with Gasteiger partial charge in [0.2, 0.25) is 0 Å². The minimum absolute atomic E-state index is 0.0903. The van der Waals surface area contributed by atoms with E-state index in [1.807, 2.05) is 48.7 Å². The lowest BCUT2D eigenvalue weighted by Crippen LogP contribution is -2.26. The third-order valence-corrected chi connectivity index (χ3v) is 4.83. The molecule has 1 heterocycles. The fourth-order valence-corrected chi connectivity index (χ4v) is 3.16. The van der Waals surface area contributed by atoms with Crippen molar-refractivity contribution >= 4 is 28.9 Å². The molecular weight excluding hydrogens is 346 g/mol. The van der Waals surface area contributed by atoms with Crippen LogP contribution in [0, 0.1) is 6.92 Å². The van der Waals surface area contributed by atoms with E-state index in [-0.39, 0.29) is 18.3 Å². The van der Waals surface area contributed by atoms with E-state index in [4.69, 9.17) is 4.74 Å². The van der Waals surface area contributed by atoms with Crippen molar-refractivity contribution < 1.29 is 14.3 Å². The molecule has 0 bridgehead atoms. The molecule has 0 saturated heterocycles. The summed E-state index contributed by atoms with van der Waals surface area (Å²) in [7, 11) is 1.72. The van der Waals surface area contributed by atoms with Gasteiger partial charge in [0.1, 0.15) is 5.75 Å². The first-order chi connectivity index (χ1) is 12.5. The normalized spacial score (nSPS) is 10.4. The first kappa shape index (κ1) is 17.9. The van der Waals surface area contributed by atoms with Gasteiger partial charge in [0, 0.05) is 23.2 Å². The molecule has 0 N–H and O–H groups in total. The summed E-state index contributed by atoms with van der Waals surface area (Å²) in [5.41, 5.74) is 2.47. The summed E-state index contributed by atoms with van der Waals surface area (Å²) in [5.74, 6) is 0.0724. The van der Waals surface area contributed by atoms with Gasteiger partial charge in [-0.25, -0.2) is 0 Å². The number of rotatable bonds is 5.